The fraction of sp³-hybridized carbons (Fsp3) is 0.261. The van der Waals surface area contributed by atoms with Crippen LogP contribution in [-0.4, -0.2) is 41.7 Å². The second kappa shape index (κ2) is 10.1. The van der Waals surface area contributed by atoms with Crippen LogP contribution in [0, 0.1) is 0 Å². The van der Waals surface area contributed by atoms with E-state index in [1.807, 2.05) is 44.2 Å². The minimum absolute atomic E-state index is 0.0864. The maximum atomic E-state index is 12.8. The Balaban J connectivity index is 1.85. The van der Waals surface area contributed by atoms with Gasteiger partial charge in [0.05, 0.1) is 29.4 Å². The molecular formula is C23H24N2O4S. The third kappa shape index (κ3) is 5.10. The molecule has 30 heavy (non-hydrogen) atoms. The van der Waals surface area contributed by atoms with Crippen LogP contribution >= 0.6 is 11.8 Å². The molecule has 156 valence electrons. The molecular weight excluding hydrogens is 400 g/mol. The first kappa shape index (κ1) is 21.6. The standard InChI is InChI=1S/C23H24N2O4S/c1-4-25-21(26)20(14-16-10-12-19(13-11-16)28-5-2)30-23(25)24-18-9-7-8-17(15-18)22(27)29-6-3/h7-15H,4-6H2,1-3H3. The number of rotatable bonds is 7. The number of amidine groups is 1. The summed E-state index contributed by atoms with van der Waals surface area (Å²) >= 11 is 1.32. The van der Waals surface area contributed by atoms with E-state index in [2.05, 4.69) is 4.99 Å². The summed E-state index contributed by atoms with van der Waals surface area (Å²) in [5.74, 6) is 0.318. The molecule has 1 fully saturated rings. The van der Waals surface area contributed by atoms with Crippen molar-refractivity contribution in [2.75, 3.05) is 19.8 Å². The van der Waals surface area contributed by atoms with Crippen molar-refractivity contribution >= 4 is 40.6 Å². The highest BCUT2D eigenvalue weighted by molar-refractivity contribution is 8.18. The molecule has 0 saturated carbocycles. The zero-order valence-electron chi connectivity index (χ0n) is 17.3. The Hall–Kier alpha value is -3.06. The summed E-state index contributed by atoms with van der Waals surface area (Å²) in [5.41, 5.74) is 1.94. The number of hydrogen-bond donors (Lipinski definition) is 0. The molecule has 2 aromatic carbocycles. The lowest BCUT2D eigenvalue weighted by atomic mass is 10.2. The van der Waals surface area contributed by atoms with Crippen LogP contribution in [0.4, 0.5) is 5.69 Å². The smallest absolute Gasteiger partial charge is 0.338 e. The fourth-order valence-electron chi connectivity index (χ4n) is 2.88. The molecule has 0 aromatic heterocycles. The number of hydrogen-bond acceptors (Lipinski definition) is 6. The first-order chi connectivity index (χ1) is 14.5. The lowest BCUT2D eigenvalue weighted by molar-refractivity contribution is -0.122. The Kier molecular flexibility index (Phi) is 7.30. The highest BCUT2D eigenvalue weighted by atomic mass is 32.2. The van der Waals surface area contributed by atoms with Crippen molar-refractivity contribution in [1.82, 2.24) is 4.90 Å². The predicted octanol–water partition coefficient (Wildman–Crippen LogP) is 4.89. The van der Waals surface area contributed by atoms with E-state index in [-0.39, 0.29) is 5.91 Å². The molecule has 0 bridgehead atoms. The SMILES string of the molecule is CCOC(=O)c1cccc(N=C2SC(=Cc3ccc(OCC)cc3)C(=O)N2CC)c1. The van der Waals surface area contributed by atoms with E-state index in [1.165, 1.54) is 11.8 Å². The number of carbonyl (C=O) groups excluding carboxylic acids is 2. The molecule has 1 aliphatic rings. The topological polar surface area (TPSA) is 68.2 Å². The summed E-state index contributed by atoms with van der Waals surface area (Å²) in [6.07, 6.45) is 1.85. The Morgan fingerprint density at radius 3 is 2.53 bits per heavy atom. The Bertz CT molecular complexity index is 983. The number of aliphatic imine (C=N–C) groups is 1. The molecule has 1 amide bonds. The lowest BCUT2D eigenvalue weighted by Gasteiger charge is -2.12. The van der Waals surface area contributed by atoms with Gasteiger partial charge in [-0.25, -0.2) is 9.79 Å². The zero-order chi connectivity index (χ0) is 21.5. The van der Waals surface area contributed by atoms with E-state index >= 15 is 0 Å². The molecule has 7 heteroatoms. The molecule has 3 rings (SSSR count). The summed E-state index contributed by atoms with van der Waals surface area (Å²) in [5, 5.41) is 0.584. The number of ether oxygens (including phenoxy) is 2. The minimum atomic E-state index is -0.391. The maximum Gasteiger partial charge on any atom is 0.338 e. The second-order valence-corrected chi connectivity index (χ2v) is 7.34. The van der Waals surface area contributed by atoms with Crippen LogP contribution in [0.25, 0.3) is 6.08 Å². The highest BCUT2D eigenvalue weighted by Crippen LogP contribution is 2.34. The first-order valence-corrected chi connectivity index (χ1v) is 10.7. The number of carbonyl (C=O) groups is 2. The van der Waals surface area contributed by atoms with E-state index in [9.17, 15) is 9.59 Å². The van der Waals surface area contributed by atoms with Gasteiger partial charge in [-0.15, -0.1) is 0 Å². The average Bonchev–Trinajstić information content (AvgIpc) is 3.04. The van der Waals surface area contributed by atoms with Gasteiger partial charge in [0.15, 0.2) is 5.17 Å². The summed E-state index contributed by atoms with van der Waals surface area (Å²) in [6, 6.07) is 14.5. The van der Waals surface area contributed by atoms with E-state index < -0.39 is 5.97 Å². The van der Waals surface area contributed by atoms with Gasteiger partial charge < -0.3 is 9.47 Å². The van der Waals surface area contributed by atoms with Gasteiger partial charge in [0.2, 0.25) is 0 Å². The van der Waals surface area contributed by atoms with Crippen LogP contribution in [0.3, 0.4) is 0 Å². The third-order valence-corrected chi connectivity index (χ3v) is 5.28. The van der Waals surface area contributed by atoms with Crippen molar-refractivity contribution in [3.8, 4) is 5.75 Å². The van der Waals surface area contributed by atoms with Crippen molar-refractivity contribution in [1.29, 1.82) is 0 Å². The van der Waals surface area contributed by atoms with Crippen molar-refractivity contribution < 1.29 is 19.1 Å². The molecule has 2 aromatic rings. The molecule has 0 aliphatic carbocycles. The van der Waals surface area contributed by atoms with Crippen molar-refractivity contribution in [2.45, 2.75) is 20.8 Å². The summed E-state index contributed by atoms with van der Waals surface area (Å²) in [4.78, 5) is 31.6. The lowest BCUT2D eigenvalue weighted by Crippen LogP contribution is -2.28. The Labute approximate surface area is 180 Å². The van der Waals surface area contributed by atoms with Gasteiger partial charge >= 0.3 is 5.97 Å². The average molecular weight is 425 g/mol. The molecule has 1 aliphatic heterocycles. The Morgan fingerprint density at radius 2 is 1.87 bits per heavy atom. The quantitative estimate of drug-likeness (QED) is 0.468. The Morgan fingerprint density at radius 1 is 1.10 bits per heavy atom. The van der Waals surface area contributed by atoms with Gasteiger partial charge in [0.1, 0.15) is 5.75 Å². The van der Waals surface area contributed by atoms with Gasteiger partial charge in [-0.2, -0.15) is 0 Å². The van der Waals surface area contributed by atoms with Crippen LogP contribution in [0.15, 0.2) is 58.4 Å². The largest absolute Gasteiger partial charge is 0.494 e. The first-order valence-electron chi connectivity index (χ1n) is 9.85. The highest BCUT2D eigenvalue weighted by Gasteiger charge is 2.32. The van der Waals surface area contributed by atoms with Crippen LogP contribution in [0.1, 0.15) is 36.7 Å². The maximum absolute atomic E-state index is 12.8. The molecule has 0 radical (unpaired) electrons. The van der Waals surface area contributed by atoms with Gasteiger partial charge in [0.25, 0.3) is 5.91 Å². The molecule has 0 spiro atoms. The number of benzene rings is 2. The number of likely N-dealkylation sites (N-methyl/N-ethyl adjacent to an activating group) is 1. The van der Waals surface area contributed by atoms with Crippen LogP contribution in [-0.2, 0) is 9.53 Å². The summed E-state index contributed by atoms with van der Waals surface area (Å²) in [7, 11) is 0. The van der Waals surface area contributed by atoms with E-state index in [0.717, 1.165) is 11.3 Å². The van der Waals surface area contributed by atoms with Gasteiger partial charge in [-0.3, -0.25) is 9.69 Å². The van der Waals surface area contributed by atoms with Crippen molar-refractivity contribution in [3.05, 3.63) is 64.6 Å². The van der Waals surface area contributed by atoms with Gasteiger partial charge in [-0.1, -0.05) is 18.2 Å². The molecule has 1 heterocycles. The fourth-order valence-corrected chi connectivity index (χ4v) is 3.94. The second-order valence-electron chi connectivity index (χ2n) is 6.33. The van der Waals surface area contributed by atoms with E-state index in [1.54, 1.807) is 36.1 Å². The van der Waals surface area contributed by atoms with Crippen LogP contribution < -0.4 is 4.74 Å². The van der Waals surface area contributed by atoms with Crippen LogP contribution in [0.2, 0.25) is 0 Å². The number of esters is 1. The molecule has 0 atom stereocenters. The number of nitrogens with zero attached hydrogens (tertiary/aromatic N) is 2. The van der Waals surface area contributed by atoms with E-state index in [4.69, 9.17) is 9.47 Å². The van der Waals surface area contributed by atoms with Gasteiger partial charge in [0, 0.05) is 6.54 Å². The predicted molar refractivity (Wildman–Crippen MR) is 120 cm³/mol. The number of amides is 1. The molecule has 6 nitrogen and oxygen atoms in total. The summed E-state index contributed by atoms with van der Waals surface area (Å²) in [6.45, 7) is 7.03. The molecule has 0 unspecified atom stereocenters. The van der Waals surface area contributed by atoms with Crippen molar-refractivity contribution in [2.24, 2.45) is 4.99 Å². The van der Waals surface area contributed by atoms with Crippen molar-refractivity contribution in [3.63, 3.8) is 0 Å². The molecule has 0 N–H and O–H groups in total. The van der Waals surface area contributed by atoms with Gasteiger partial charge in [-0.05, 0) is 74.5 Å². The summed E-state index contributed by atoms with van der Waals surface area (Å²) < 4.78 is 10.5. The minimum Gasteiger partial charge on any atom is -0.494 e. The van der Waals surface area contributed by atoms with Crippen LogP contribution in [0.5, 0.6) is 5.75 Å². The number of thioether (sulfide) groups is 1. The third-order valence-electron chi connectivity index (χ3n) is 4.28. The van der Waals surface area contributed by atoms with E-state index in [0.29, 0.717) is 41.1 Å². The normalized spacial score (nSPS) is 16.4. The monoisotopic (exact) mass is 424 g/mol. The zero-order valence-corrected chi connectivity index (χ0v) is 18.1. The molecule has 1 saturated heterocycles.